The van der Waals surface area contributed by atoms with Crippen LogP contribution < -0.4 is 5.32 Å². The van der Waals surface area contributed by atoms with E-state index in [-0.39, 0.29) is 0 Å². The van der Waals surface area contributed by atoms with E-state index in [1.807, 2.05) is 11.3 Å². The zero-order valence-corrected chi connectivity index (χ0v) is 14.4. The second-order valence-corrected chi connectivity index (χ2v) is 8.97. The minimum atomic E-state index is 0.552. The summed E-state index contributed by atoms with van der Waals surface area (Å²) in [5.74, 6) is 3.15. The monoisotopic (exact) mass is 323 g/mol. The van der Waals surface area contributed by atoms with E-state index in [1.54, 1.807) is 4.88 Å². The summed E-state index contributed by atoms with van der Waals surface area (Å²) < 4.78 is 0. The number of aromatic nitrogens is 1. The van der Waals surface area contributed by atoms with Crippen molar-refractivity contribution in [3.63, 3.8) is 0 Å². The minimum absolute atomic E-state index is 0.552. The minimum Gasteiger partial charge on any atom is -0.313 e. The predicted octanol–water partition coefficient (Wildman–Crippen LogP) is 3.03. The summed E-state index contributed by atoms with van der Waals surface area (Å²) in [5, 5.41) is 5.10. The second-order valence-electron chi connectivity index (χ2n) is 6.70. The molecule has 3 aliphatic rings. The first-order valence-corrected chi connectivity index (χ1v) is 10.3. The molecule has 3 nitrogen and oxygen atoms in total. The number of thiazole rings is 1. The van der Waals surface area contributed by atoms with Crippen molar-refractivity contribution in [3.8, 4) is 0 Å². The molecule has 2 fully saturated rings. The summed E-state index contributed by atoms with van der Waals surface area (Å²) in [6.45, 7) is 2.35. The lowest BCUT2D eigenvalue weighted by Gasteiger charge is -2.30. The standard InChI is InChI=1S/C16H25N3S2/c1-19-7-8-20-10-13(19)16-18-15-11(9-17-12-5-6-12)3-2-4-14(15)21-16/h11-13,17H,2-10H2,1H3. The quantitative estimate of drug-likeness (QED) is 0.922. The van der Waals surface area contributed by atoms with Crippen molar-refractivity contribution < 1.29 is 0 Å². The van der Waals surface area contributed by atoms with Gasteiger partial charge in [-0.05, 0) is 39.2 Å². The van der Waals surface area contributed by atoms with E-state index in [1.165, 1.54) is 60.9 Å². The fourth-order valence-electron chi connectivity index (χ4n) is 3.41. The average molecular weight is 324 g/mol. The van der Waals surface area contributed by atoms with Gasteiger partial charge in [0.05, 0.1) is 11.7 Å². The molecule has 2 unspecified atom stereocenters. The van der Waals surface area contributed by atoms with E-state index in [2.05, 4.69) is 29.0 Å². The SMILES string of the molecule is CN1CCSCC1c1nc2c(s1)CCCC2CNC1CC1. The third-order valence-corrected chi connectivity index (χ3v) is 7.25. The van der Waals surface area contributed by atoms with Gasteiger partial charge in [-0.1, -0.05) is 0 Å². The molecule has 1 aliphatic heterocycles. The normalized spacial score (nSPS) is 30.3. The highest BCUT2D eigenvalue weighted by Gasteiger charge is 2.30. The Morgan fingerprint density at radius 3 is 3.05 bits per heavy atom. The van der Waals surface area contributed by atoms with Crippen LogP contribution in [0.5, 0.6) is 0 Å². The topological polar surface area (TPSA) is 28.2 Å². The summed E-state index contributed by atoms with van der Waals surface area (Å²) in [6.07, 6.45) is 6.69. The number of hydrogen-bond donors (Lipinski definition) is 1. The third-order valence-electron chi connectivity index (χ3n) is 5.00. The van der Waals surface area contributed by atoms with E-state index in [0.29, 0.717) is 12.0 Å². The van der Waals surface area contributed by atoms with E-state index >= 15 is 0 Å². The molecule has 2 heterocycles. The van der Waals surface area contributed by atoms with Crippen LogP contribution in [0, 0.1) is 0 Å². The number of aryl methyl sites for hydroxylation is 1. The van der Waals surface area contributed by atoms with Crippen LogP contribution in [0.4, 0.5) is 0 Å². The molecule has 2 atom stereocenters. The smallest absolute Gasteiger partial charge is 0.111 e. The highest BCUT2D eigenvalue weighted by molar-refractivity contribution is 7.99. The molecule has 4 rings (SSSR count). The highest BCUT2D eigenvalue weighted by atomic mass is 32.2. The molecule has 0 bridgehead atoms. The van der Waals surface area contributed by atoms with Gasteiger partial charge in [0.2, 0.25) is 0 Å². The zero-order chi connectivity index (χ0) is 14.2. The molecule has 0 amide bonds. The molecule has 0 spiro atoms. The van der Waals surface area contributed by atoms with Crippen molar-refractivity contribution in [2.24, 2.45) is 0 Å². The van der Waals surface area contributed by atoms with E-state index in [0.717, 1.165) is 12.6 Å². The van der Waals surface area contributed by atoms with Gasteiger partial charge in [-0.15, -0.1) is 11.3 Å². The fraction of sp³-hybridized carbons (Fsp3) is 0.812. The molecule has 1 aromatic rings. The first-order chi connectivity index (χ1) is 10.3. The Kier molecular flexibility index (Phi) is 4.27. The highest BCUT2D eigenvalue weighted by Crippen LogP contribution is 2.39. The molecule has 0 radical (unpaired) electrons. The Balaban J connectivity index is 1.52. The summed E-state index contributed by atoms with van der Waals surface area (Å²) in [5.41, 5.74) is 1.44. The van der Waals surface area contributed by atoms with Crippen molar-refractivity contribution in [3.05, 3.63) is 15.6 Å². The molecule has 21 heavy (non-hydrogen) atoms. The van der Waals surface area contributed by atoms with Gasteiger partial charge in [0.25, 0.3) is 0 Å². The maximum Gasteiger partial charge on any atom is 0.111 e. The van der Waals surface area contributed by atoms with Crippen molar-refractivity contribution in [1.29, 1.82) is 0 Å². The van der Waals surface area contributed by atoms with Gasteiger partial charge in [-0.2, -0.15) is 11.8 Å². The predicted molar refractivity (Wildman–Crippen MR) is 91.5 cm³/mol. The molecule has 116 valence electrons. The lowest BCUT2D eigenvalue weighted by Crippen LogP contribution is -2.32. The van der Waals surface area contributed by atoms with Gasteiger partial charge in [-0.3, -0.25) is 4.90 Å². The second kappa shape index (κ2) is 6.19. The Labute approximate surface area is 135 Å². The van der Waals surface area contributed by atoms with Crippen LogP contribution in [-0.4, -0.2) is 47.6 Å². The van der Waals surface area contributed by atoms with Crippen LogP contribution in [0.3, 0.4) is 0 Å². The Morgan fingerprint density at radius 2 is 2.24 bits per heavy atom. The van der Waals surface area contributed by atoms with Gasteiger partial charge in [0, 0.05) is 41.4 Å². The number of nitrogens with zero attached hydrogens (tertiary/aromatic N) is 2. The Morgan fingerprint density at radius 1 is 1.33 bits per heavy atom. The summed E-state index contributed by atoms with van der Waals surface area (Å²) >= 11 is 4.09. The van der Waals surface area contributed by atoms with Crippen LogP contribution in [0.1, 0.15) is 53.2 Å². The lowest BCUT2D eigenvalue weighted by atomic mass is 9.91. The average Bonchev–Trinajstić information content (AvgIpc) is 3.22. The van der Waals surface area contributed by atoms with Crippen LogP contribution in [-0.2, 0) is 6.42 Å². The molecule has 2 aliphatic carbocycles. The summed E-state index contributed by atoms with van der Waals surface area (Å²) in [6, 6.07) is 1.37. The van der Waals surface area contributed by atoms with Crippen molar-refractivity contribution in [2.45, 2.75) is 50.1 Å². The maximum atomic E-state index is 5.13. The van der Waals surface area contributed by atoms with Gasteiger partial charge in [0.15, 0.2) is 0 Å². The molecule has 1 aromatic heterocycles. The summed E-state index contributed by atoms with van der Waals surface area (Å²) in [4.78, 5) is 9.21. The Bertz CT molecular complexity index is 498. The van der Waals surface area contributed by atoms with Crippen LogP contribution in [0.25, 0.3) is 0 Å². The zero-order valence-electron chi connectivity index (χ0n) is 12.8. The number of hydrogen-bond acceptors (Lipinski definition) is 5. The molecular weight excluding hydrogens is 298 g/mol. The van der Waals surface area contributed by atoms with Crippen molar-refractivity contribution in [2.75, 3.05) is 31.6 Å². The van der Waals surface area contributed by atoms with E-state index in [9.17, 15) is 0 Å². The molecule has 1 N–H and O–H groups in total. The Hall–Kier alpha value is -0.100. The summed E-state index contributed by atoms with van der Waals surface area (Å²) in [7, 11) is 2.26. The number of nitrogens with one attached hydrogen (secondary N) is 1. The van der Waals surface area contributed by atoms with Crippen molar-refractivity contribution in [1.82, 2.24) is 15.2 Å². The van der Waals surface area contributed by atoms with Crippen LogP contribution in [0.15, 0.2) is 0 Å². The van der Waals surface area contributed by atoms with Gasteiger partial charge < -0.3 is 5.32 Å². The van der Waals surface area contributed by atoms with Crippen LogP contribution >= 0.6 is 23.1 Å². The van der Waals surface area contributed by atoms with Crippen molar-refractivity contribution >= 4 is 23.1 Å². The number of fused-ring (bicyclic) bond motifs is 1. The van der Waals surface area contributed by atoms with E-state index in [4.69, 9.17) is 4.98 Å². The third kappa shape index (κ3) is 3.16. The first kappa shape index (κ1) is 14.5. The van der Waals surface area contributed by atoms with Crippen LogP contribution in [0.2, 0.25) is 0 Å². The van der Waals surface area contributed by atoms with Gasteiger partial charge in [0.1, 0.15) is 5.01 Å². The molecule has 0 aromatic carbocycles. The van der Waals surface area contributed by atoms with E-state index < -0.39 is 0 Å². The molecule has 5 heteroatoms. The maximum absolute atomic E-state index is 5.13. The molecular formula is C16H25N3S2. The number of rotatable bonds is 4. The first-order valence-electron chi connectivity index (χ1n) is 8.32. The number of thioether (sulfide) groups is 1. The van der Waals surface area contributed by atoms with Gasteiger partial charge in [-0.25, -0.2) is 4.98 Å². The molecule has 1 saturated heterocycles. The largest absolute Gasteiger partial charge is 0.313 e. The fourth-order valence-corrected chi connectivity index (χ4v) is 6.09. The van der Waals surface area contributed by atoms with Gasteiger partial charge >= 0.3 is 0 Å². The molecule has 1 saturated carbocycles. The lowest BCUT2D eigenvalue weighted by molar-refractivity contribution is 0.273.